The summed E-state index contributed by atoms with van der Waals surface area (Å²) >= 11 is 0. The molecule has 0 aromatic rings. The van der Waals surface area contributed by atoms with Crippen LogP contribution in [0.15, 0.2) is 0 Å². The highest BCUT2D eigenvalue weighted by atomic mass is 19.1. The predicted octanol–water partition coefficient (Wildman–Crippen LogP) is 1.90. The van der Waals surface area contributed by atoms with Crippen molar-refractivity contribution in [1.29, 1.82) is 0 Å². The van der Waals surface area contributed by atoms with E-state index in [-0.39, 0.29) is 6.61 Å². The number of unbranched alkanes of at least 4 members (excludes halogenated alkanes) is 1. The van der Waals surface area contributed by atoms with Gasteiger partial charge in [0.2, 0.25) is 0 Å². The van der Waals surface area contributed by atoms with Gasteiger partial charge in [-0.2, -0.15) is 0 Å². The van der Waals surface area contributed by atoms with E-state index in [0.29, 0.717) is 12.8 Å². The SMILES string of the molecule is CCCCC(F)CCO. The molecule has 0 rings (SSSR count). The van der Waals surface area contributed by atoms with Crippen LogP contribution in [0.1, 0.15) is 32.6 Å². The fourth-order valence-corrected chi connectivity index (χ4v) is 0.710. The first kappa shape index (κ1) is 8.89. The summed E-state index contributed by atoms with van der Waals surface area (Å²) in [6.07, 6.45) is 2.10. The number of hydrogen-bond donors (Lipinski definition) is 1. The monoisotopic (exact) mass is 134 g/mol. The zero-order valence-electron chi connectivity index (χ0n) is 5.94. The molecule has 0 aliphatic heterocycles. The molecule has 0 bridgehead atoms. The molecule has 2 heteroatoms. The molecule has 0 fully saturated rings. The summed E-state index contributed by atoms with van der Waals surface area (Å²) in [6.45, 7) is 2.01. The highest BCUT2D eigenvalue weighted by molar-refractivity contribution is 4.53. The second-order valence-electron chi connectivity index (χ2n) is 2.25. The first-order chi connectivity index (χ1) is 4.31. The summed E-state index contributed by atoms with van der Waals surface area (Å²) in [4.78, 5) is 0. The van der Waals surface area contributed by atoms with Crippen molar-refractivity contribution in [3.05, 3.63) is 0 Å². The van der Waals surface area contributed by atoms with Gasteiger partial charge in [-0.1, -0.05) is 19.8 Å². The summed E-state index contributed by atoms with van der Waals surface area (Å²) < 4.78 is 12.4. The lowest BCUT2D eigenvalue weighted by Gasteiger charge is -2.02. The minimum Gasteiger partial charge on any atom is -0.396 e. The molecule has 9 heavy (non-hydrogen) atoms. The number of aliphatic hydroxyl groups excluding tert-OH is 1. The molecule has 0 heterocycles. The number of alkyl halides is 1. The molecule has 0 saturated carbocycles. The maximum atomic E-state index is 12.4. The van der Waals surface area contributed by atoms with Crippen molar-refractivity contribution in [1.82, 2.24) is 0 Å². The van der Waals surface area contributed by atoms with Crippen LogP contribution in [-0.4, -0.2) is 17.9 Å². The zero-order valence-corrected chi connectivity index (χ0v) is 5.94. The Hall–Kier alpha value is -0.110. The van der Waals surface area contributed by atoms with Crippen molar-refractivity contribution >= 4 is 0 Å². The largest absolute Gasteiger partial charge is 0.396 e. The first-order valence-electron chi connectivity index (χ1n) is 3.56. The highest BCUT2D eigenvalue weighted by Gasteiger charge is 2.02. The fraction of sp³-hybridized carbons (Fsp3) is 1.00. The second-order valence-corrected chi connectivity index (χ2v) is 2.25. The van der Waals surface area contributed by atoms with E-state index in [1.807, 2.05) is 6.92 Å². The van der Waals surface area contributed by atoms with Crippen LogP contribution < -0.4 is 0 Å². The van der Waals surface area contributed by atoms with Crippen LogP contribution in [0.2, 0.25) is 0 Å². The van der Waals surface area contributed by atoms with E-state index in [1.165, 1.54) is 0 Å². The normalized spacial score (nSPS) is 13.7. The Morgan fingerprint density at radius 2 is 2.11 bits per heavy atom. The van der Waals surface area contributed by atoms with E-state index in [2.05, 4.69) is 0 Å². The molecular weight excluding hydrogens is 119 g/mol. The Balaban J connectivity index is 2.95. The minimum atomic E-state index is -0.782. The van der Waals surface area contributed by atoms with Crippen molar-refractivity contribution in [3.8, 4) is 0 Å². The molecule has 0 aliphatic rings. The Labute approximate surface area is 55.9 Å². The van der Waals surface area contributed by atoms with Crippen LogP contribution in [0.25, 0.3) is 0 Å². The number of rotatable bonds is 5. The van der Waals surface area contributed by atoms with Crippen molar-refractivity contribution in [2.75, 3.05) is 6.61 Å². The van der Waals surface area contributed by atoms with Crippen LogP contribution in [-0.2, 0) is 0 Å². The van der Waals surface area contributed by atoms with E-state index in [4.69, 9.17) is 5.11 Å². The second kappa shape index (κ2) is 6.02. The van der Waals surface area contributed by atoms with Gasteiger partial charge in [0, 0.05) is 13.0 Å². The van der Waals surface area contributed by atoms with Crippen LogP contribution >= 0.6 is 0 Å². The van der Waals surface area contributed by atoms with Gasteiger partial charge in [-0.3, -0.25) is 0 Å². The van der Waals surface area contributed by atoms with Crippen LogP contribution in [0, 0.1) is 0 Å². The molecule has 1 nitrogen and oxygen atoms in total. The van der Waals surface area contributed by atoms with Gasteiger partial charge in [-0.15, -0.1) is 0 Å². The first-order valence-corrected chi connectivity index (χ1v) is 3.56. The molecule has 0 aromatic carbocycles. The standard InChI is InChI=1S/C7H15FO/c1-2-3-4-7(8)5-6-9/h7,9H,2-6H2,1H3. The molecule has 0 aromatic heterocycles. The molecule has 1 N–H and O–H groups in total. The Morgan fingerprint density at radius 3 is 2.56 bits per heavy atom. The average Bonchev–Trinajstić information content (AvgIpc) is 1.85. The molecule has 1 unspecified atom stereocenters. The average molecular weight is 134 g/mol. The quantitative estimate of drug-likeness (QED) is 0.608. The summed E-state index contributed by atoms with van der Waals surface area (Å²) in [6, 6.07) is 0. The molecule has 0 radical (unpaired) electrons. The highest BCUT2D eigenvalue weighted by Crippen LogP contribution is 2.06. The van der Waals surface area contributed by atoms with Crippen molar-refractivity contribution in [3.63, 3.8) is 0 Å². The third-order valence-electron chi connectivity index (χ3n) is 1.31. The molecule has 0 amide bonds. The third-order valence-corrected chi connectivity index (χ3v) is 1.31. The Kier molecular flexibility index (Phi) is 5.94. The molecular formula is C7H15FO. The molecule has 0 saturated heterocycles. The van der Waals surface area contributed by atoms with Gasteiger partial charge < -0.3 is 5.11 Å². The van der Waals surface area contributed by atoms with E-state index < -0.39 is 6.17 Å². The maximum Gasteiger partial charge on any atom is 0.102 e. The van der Waals surface area contributed by atoms with Crippen molar-refractivity contribution in [2.45, 2.75) is 38.8 Å². The van der Waals surface area contributed by atoms with E-state index >= 15 is 0 Å². The lowest BCUT2D eigenvalue weighted by atomic mass is 10.1. The van der Waals surface area contributed by atoms with Gasteiger partial charge >= 0.3 is 0 Å². The fourth-order valence-electron chi connectivity index (χ4n) is 0.710. The zero-order chi connectivity index (χ0) is 7.11. The summed E-state index contributed by atoms with van der Waals surface area (Å²) in [5.41, 5.74) is 0. The minimum absolute atomic E-state index is 0.0229. The molecule has 1 atom stereocenters. The van der Waals surface area contributed by atoms with E-state index in [1.54, 1.807) is 0 Å². The predicted molar refractivity (Wildman–Crippen MR) is 36.1 cm³/mol. The van der Waals surface area contributed by atoms with Gasteiger partial charge in [-0.25, -0.2) is 4.39 Å². The van der Waals surface area contributed by atoms with Gasteiger partial charge in [0.15, 0.2) is 0 Å². The molecule has 56 valence electrons. The van der Waals surface area contributed by atoms with E-state index in [0.717, 1.165) is 12.8 Å². The van der Waals surface area contributed by atoms with Crippen LogP contribution in [0.5, 0.6) is 0 Å². The topological polar surface area (TPSA) is 20.2 Å². The van der Waals surface area contributed by atoms with E-state index in [9.17, 15) is 4.39 Å². The lowest BCUT2D eigenvalue weighted by molar-refractivity contribution is 0.210. The van der Waals surface area contributed by atoms with Gasteiger partial charge in [0.25, 0.3) is 0 Å². The Morgan fingerprint density at radius 1 is 1.44 bits per heavy atom. The van der Waals surface area contributed by atoms with Crippen molar-refractivity contribution in [2.24, 2.45) is 0 Å². The van der Waals surface area contributed by atoms with Gasteiger partial charge in [0.05, 0.1) is 0 Å². The Bertz CT molecular complexity index is 56.9. The maximum absolute atomic E-state index is 12.4. The smallest absolute Gasteiger partial charge is 0.102 e. The van der Waals surface area contributed by atoms with Crippen molar-refractivity contribution < 1.29 is 9.50 Å². The van der Waals surface area contributed by atoms with Crippen LogP contribution in [0.4, 0.5) is 4.39 Å². The summed E-state index contributed by atoms with van der Waals surface area (Å²) in [7, 11) is 0. The number of halogens is 1. The summed E-state index contributed by atoms with van der Waals surface area (Å²) in [5, 5.41) is 8.30. The van der Waals surface area contributed by atoms with Crippen LogP contribution in [0.3, 0.4) is 0 Å². The van der Waals surface area contributed by atoms with Gasteiger partial charge in [-0.05, 0) is 6.42 Å². The number of aliphatic hydroxyl groups is 1. The van der Waals surface area contributed by atoms with Gasteiger partial charge in [0.1, 0.15) is 6.17 Å². The third kappa shape index (κ3) is 5.77. The number of hydrogen-bond acceptors (Lipinski definition) is 1. The molecule has 0 spiro atoms. The molecule has 0 aliphatic carbocycles. The summed E-state index contributed by atoms with van der Waals surface area (Å²) in [5.74, 6) is 0. The lowest BCUT2D eigenvalue weighted by Crippen LogP contribution is -2.01.